The molecule has 0 aromatic heterocycles. The first-order valence-electron chi connectivity index (χ1n) is 9.13. The van der Waals surface area contributed by atoms with E-state index in [0.29, 0.717) is 5.56 Å². The van der Waals surface area contributed by atoms with E-state index in [9.17, 15) is 26.4 Å². The molecular formula is C22H19F3N2O3S. The Balaban J connectivity index is 1.90. The summed E-state index contributed by atoms with van der Waals surface area (Å²) in [6.07, 6.45) is -4.54. The highest BCUT2D eigenvalue weighted by Gasteiger charge is 2.30. The molecule has 3 aromatic rings. The van der Waals surface area contributed by atoms with Crippen LogP contribution < -0.4 is 9.62 Å². The zero-order valence-electron chi connectivity index (χ0n) is 16.6. The summed E-state index contributed by atoms with van der Waals surface area (Å²) >= 11 is 0. The van der Waals surface area contributed by atoms with E-state index in [1.807, 2.05) is 0 Å². The number of amides is 1. The molecule has 31 heavy (non-hydrogen) atoms. The minimum atomic E-state index is -4.54. The Morgan fingerprint density at radius 2 is 1.61 bits per heavy atom. The number of benzene rings is 3. The summed E-state index contributed by atoms with van der Waals surface area (Å²) in [5, 5.41) is 2.42. The third-order valence-electron chi connectivity index (χ3n) is 4.66. The molecule has 0 radical (unpaired) electrons. The van der Waals surface area contributed by atoms with Gasteiger partial charge in [-0.25, -0.2) is 8.42 Å². The van der Waals surface area contributed by atoms with Crippen LogP contribution in [0.5, 0.6) is 0 Å². The van der Waals surface area contributed by atoms with Gasteiger partial charge in [-0.3, -0.25) is 9.10 Å². The van der Waals surface area contributed by atoms with Gasteiger partial charge < -0.3 is 5.32 Å². The molecule has 1 amide bonds. The van der Waals surface area contributed by atoms with Crippen molar-refractivity contribution in [3.63, 3.8) is 0 Å². The molecule has 0 saturated carbocycles. The van der Waals surface area contributed by atoms with Crippen molar-refractivity contribution in [3.8, 4) is 0 Å². The summed E-state index contributed by atoms with van der Waals surface area (Å²) in [4.78, 5) is 12.7. The van der Waals surface area contributed by atoms with Gasteiger partial charge in [-0.1, -0.05) is 30.3 Å². The van der Waals surface area contributed by atoms with E-state index in [4.69, 9.17) is 0 Å². The van der Waals surface area contributed by atoms with Crippen molar-refractivity contribution in [3.05, 3.63) is 89.5 Å². The molecule has 0 aliphatic rings. The summed E-state index contributed by atoms with van der Waals surface area (Å²) in [5.41, 5.74) is 0.0853. The Morgan fingerprint density at radius 1 is 0.935 bits per heavy atom. The SMILES string of the molecule is Cc1ccc(C(=O)Nc2cccc(C(F)(F)F)c2)cc1N(C)S(=O)(=O)c1ccccc1. The van der Waals surface area contributed by atoms with Gasteiger partial charge in [-0.2, -0.15) is 13.2 Å². The maximum Gasteiger partial charge on any atom is 0.416 e. The molecule has 0 saturated heterocycles. The number of carbonyl (C=O) groups excluding carboxylic acids is 1. The summed E-state index contributed by atoms with van der Waals surface area (Å²) in [5.74, 6) is -0.661. The molecule has 0 aliphatic heterocycles. The lowest BCUT2D eigenvalue weighted by molar-refractivity contribution is -0.137. The Bertz CT molecular complexity index is 1210. The van der Waals surface area contributed by atoms with Crippen molar-refractivity contribution < 1.29 is 26.4 Å². The van der Waals surface area contributed by atoms with Crippen LogP contribution in [0.15, 0.2) is 77.7 Å². The number of halogens is 3. The molecular weight excluding hydrogens is 429 g/mol. The van der Waals surface area contributed by atoms with Crippen LogP contribution >= 0.6 is 0 Å². The fraction of sp³-hybridized carbons (Fsp3) is 0.136. The third kappa shape index (κ3) is 4.88. The number of nitrogens with one attached hydrogen (secondary N) is 1. The highest BCUT2D eigenvalue weighted by atomic mass is 32.2. The summed E-state index contributed by atoms with van der Waals surface area (Å²) in [6, 6.07) is 16.5. The van der Waals surface area contributed by atoms with Crippen molar-refractivity contribution in [2.75, 3.05) is 16.7 Å². The van der Waals surface area contributed by atoms with Gasteiger partial charge in [0.2, 0.25) is 0 Å². The monoisotopic (exact) mass is 448 g/mol. The quantitative estimate of drug-likeness (QED) is 0.591. The normalized spacial score (nSPS) is 11.8. The molecule has 3 rings (SSSR count). The summed E-state index contributed by atoms with van der Waals surface area (Å²) < 4.78 is 65.6. The molecule has 0 spiro atoms. The smallest absolute Gasteiger partial charge is 0.322 e. The van der Waals surface area contributed by atoms with E-state index in [-0.39, 0.29) is 21.8 Å². The zero-order chi connectivity index (χ0) is 22.8. The van der Waals surface area contributed by atoms with Gasteiger partial charge in [0, 0.05) is 18.3 Å². The van der Waals surface area contributed by atoms with Crippen molar-refractivity contribution in [1.82, 2.24) is 0 Å². The minimum absolute atomic E-state index is 0.0211. The van der Waals surface area contributed by atoms with Crippen molar-refractivity contribution in [1.29, 1.82) is 0 Å². The largest absolute Gasteiger partial charge is 0.416 e. The van der Waals surface area contributed by atoms with E-state index >= 15 is 0 Å². The van der Waals surface area contributed by atoms with Gasteiger partial charge in [0.25, 0.3) is 15.9 Å². The minimum Gasteiger partial charge on any atom is -0.322 e. The van der Waals surface area contributed by atoms with E-state index < -0.39 is 27.7 Å². The first kappa shape index (κ1) is 22.4. The molecule has 0 bridgehead atoms. The van der Waals surface area contributed by atoms with Gasteiger partial charge in [-0.15, -0.1) is 0 Å². The number of carbonyl (C=O) groups is 1. The van der Waals surface area contributed by atoms with Gasteiger partial charge in [-0.05, 0) is 55.0 Å². The second kappa shape index (κ2) is 8.43. The number of rotatable bonds is 5. The standard InChI is InChI=1S/C22H19F3N2O3S/c1-15-11-12-16(21(28)26-18-8-6-7-17(14-18)22(23,24)25)13-20(15)27(2)31(29,30)19-9-4-3-5-10-19/h3-14H,1-2H3,(H,26,28). The van der Waals surface area contributed by atoms with Gasteiger partial charge >= 0.3 is 6.18 Å². The number of nitrogens with zero attached hydrogens (tertiary/aromatic N) is 1. The molecule has 5 nitrogen and oxygen atoms in total. The summed E-state index contributed by atoms with van der Waals surface area (Å²) in [7, 11) is -2.49. The van der Waals surface area contributed by atoms with Gasteiger partial charge in [0.05, 0.1) is 16.1 Å². The molecule has 0 atom stereocenters. The second-order valence-corrected chi connectivity index (χ2v) is 8.79. The van der Waals surface area contributed by atoms with Crippen LogP contribution in [0, 0.1) is 6.92 Å². The topological polar surface area (TPSA) is 66.5 Å². The Labute approximate surface area is 178 Å². The van der Waals surface area contributed by atoms with Crippen LogP contribution in [0.1, 0.15) is 21.5 Å². The predicted octanol–water partition coefficient (Wildman–Crippen LogP) is 5.09. The average Bonchev–Trinajstić information content (AvgIpc) is 2.73. The predicted molar refractivity (Wildman–Crippen MR) is 113 cm³/mol. The number of alkyl halides is 3. The first-order chi connectivity index (χ1) is 14.5. The maximum absolute atomic E-state index is 12.9. The first-order valence-corrected chi connectivity index (χ1v) is 10.6. The highest BCUT2D eigenvalue weighted by Crippen LogP contribution is 2.31. The van der Waals surface area contributed by atoms with Crippen molar-refractivity contribution in [2.24, 2.45) is 0 Å². The highest BCUT2D eigenvalue weighted by molar-refractivity contribution is 7.92. The van der Waals surface area contributed by atoms with Crippen LogP contribution in [-0.2, 0) is 16.2 Å². The van der Waals surface area contributed by atoms with Gasteiger partial charge in [0.15, 0.2) is 0 Å². The lowest BCUT2D eigenvalue weighted by Gasteiger charge is -2.22. The number of anilines is 2. The number of aryl methyl sites for hydroxylation is 1. The van der Waals surface area contributed by atoms with Crippen LogP contribution in [0.2, 0.25) is 0 Å². The second-order valence-electron chi connectivity index (χ2n) is 6.82. The molecule has 1 N–H and O–H groups in total. The molecule has 0 fully saturated rings. The molecule has 0 heterocycles. The molecule has 9 heteroatoms. The lowest BCUT2D eigenvalue weighted by atomic mass is 10.1. The number of hydrogen-bond acceptors (Lipinski definition) is 3. The Kier molecular flexibility index (Phi) is 6.08. The molecule has 0 unspecified atom stereocenters. The average molecular weight is 448 g/mol. The Morgan fingerprint density at radius 3 is 2.26 bits per heavy atom. The maximum atomic E-state index is 12.9. The van der Waals surface area contributed by atoms with Gasteiger partial charge in [0.1, 0.15) is 0 Å². The van der Waals surface area contributed by atoms with Crippen LogP contribution in [-0.4, -0.2) is 21.4 Å². The van der Waals surface area contributed by atoms with Crippen molar-refractivity contribution >= 4 is 27.3 Å². The fourth-order valence-corrected chi connectivity index (χ4v) is 4.22. The molecule has 0 aliphatic carbocycles. The summed E-state index contributed by atoms with van der Waals surface area (Å²) in [6.45, 7) is 1.70. The van der Waals surface area contributed by atoms with E-state index in [2.05, 4.69) is 5.32 Å². The molecule has 162 valence electrons. The van der Waals surface area contributed by atoms with Crippen molar-refractivity contribution in [2.45, 2.75) is 18.0 Å². The van der Waals surface area contributed by atoms with Crippen LogP contribution in [0.25, 0.3) is 0 Å². The van der Waals surface area contributed by atoms with Crippen LogP contribution in [0.4, 0.5) is 24.5 Å². The number of sulfonamides is 1. The van der Waals surface area contributed by atoms with E-state index in [1.54, 1.807) is 31.2 Å². The Hall–Kier alpha value is -3.33. The third-order valence-corrected chi connectivity index (χ3v) is 6.45. The van der Waals surface area contributed by atoms with Crippen LogP contribution in [0.3, 0.4) is 0 Å². The molecule has 3 aromatic carbocycles. The lowest BCUT2D eigenvalue weighted by Crippen LogP contribution is -2.27. The van der Waals surface area contributed by atoms with E-state index in [1.165, 1.54) is 43.4 Å². The number of hydrogen-bond donors (Lipinski definition) is 1. The fourth-order valence-electron chi connectivity index (χ4n) is 2.95. The zero-order valence-corrected chi connectivity index (χ0v) is 17.5. The van der Waals surface area contributed by atoms with E-state index in [0.717, 1.165) is 16.4 Å².